The Morgan fingerprint density at radius 2 is 2.10 bits per heavy atom. The van der Waals surface area contributed by atoms with Crippen molar-refractivity contribution < 1.29 is 18.6 Å². The maximum absolute atomic E-state index is 12.2. The van der Waals surface area contributed by atoms with E-state index in [9.17, 15) is 13.9 Å². The van der Waals surface area contributed by atoms with E-state index in [4.69, 9.17) is 11.6 Å². The van der Waals surface area contributed by atoms with E-state index in [1.807, 2.05) is 0 Å². The Morgan fingerprint density at radius 1 is 1.40 bits per heavy atom. The maximum atomic E-state index is 12.2. The molecule has 2 rings (SSSR count). The molecule has 1 heterocycles. The number of aliphatic hydroxyl groups is 1. The number of aliphatic hydroxyl groups excluding tert-OH is 1. The quantitative estimate of drug-likeness (QED) is 0.939. The van der Waals surface area contributed by atoms with Crippen LogP contribution in [0.3, 0.4) is 0 Å². The molecule has 0 saturated carbocycles. The predicted octanol–water partition coefficient (Wildman–Crippen LogP) is 2.69. The number of halogens is 3. The van der Waals surface area contributed by atoms with Crippen LogP contribution in [0.15, 0.2) is 24.4 Å². The fraction of sp³-hybridized carbons (Fsp3) is 0.273. The molecule has 0 unspecified atom stereocenters. The molecule has 0 spiro atoms. The van der Waals surface area contributed by atoms with Crippen LogP contribution in [0.4, 0.5) is 8.78 Å². The molecule has 0 aliphatic rings. The van der Waals surface area contributed by atoms with Gasteiger partial charge in [0.05, 0.1) is 23.0 Å². The van der Waals surface area contributed by atoms with Gasteiger partial charge in [-0.25, -0.2) is 4.68 Å². The summed E-state index contributed by atoms with van der Waals surface area (Å²) < 4.78 is 30.0. The van der Waals surface area contributed by atoms with E-state index in [1.54, 1.807) is 13.0 Å². The summed E-state index contributed by atoms with van der Waals surface area (Å²) in [7, 11) is 0. The minimum Gasteiger partial charge on any atom is -0.433 e. The van der Waals surface area contributed by atoms with Crippen LogP contribution in [-0.4, -0.2) is 26.7 Å². The van der Waals surface area contributed by atoms with Gasteiger partial charge in [0, 0.05) is 6.07 Å². The lowest BCUT2D eigenvalue weighted by Gasteiger charge is -2.08. The minimum absolute atomic E-state index is 0. The smallest absolute Gasteiger partial charge is 0.387 e. The number of hydrogen-bond donors (Lipinski definition) is 1. The standard InChI is InChI=1S/C11H10ClF2N3O2.H2S/c1-6(18)9-5-17(16-15-9)7-2-3-8(12)10(4-7)19-11(13)14;/h2-6,11,18H,1H3;1H2/t6-;/m0./s1. The van der Waals surface area contributed by atoms with Crippen molar-refractivity contribution in [3.8, 4) is 11.4 Å². The lowest BCUT2D eigenvalue weighted by atomic mass is 10.3. The number of aromatic nitrogens is 3. The van der Waals surface area contributed by atoms with E-state index in [2.05, 4.69) is 15.0 Å². The highest BCUT2D eigenvalue weighted by Gasteiger charge is 2.12. The van der Waals surface area contributed by atoms with Gasteiger partial charge in [-0.3, -0.25) is 0 Å². The van der Waals surface area contributed by atoms with Crippen molar-refractivity contribution >= 4 is 25.1 Å². The van der Waals surface area contributed by atoms with Gasteiger partial charge in [0.15, 0.2) is 0 Å². The Morgan fingerprint density at radius 3 is 2.65 bits per heavy atom. The monoisotopic (exact) mass is 323 g/mol. The summed E-state index contributed by atoms with van der Waals surface area (Å²) in [5.41, 5.74) is 0.811. The Kier molecular flexibility index (Phi) is 5.73. The van der Waals surface area contributed by atoms with Gasteiger partial charge in [-0.15, -0.1) is 5.10 Å². The second-order valence-electron chi connectivity index (χ2n) is 3.76. The Bertz CT molecular complexity index is 581. The van der Waals surface area contributed by atoms with Crippen LogP contribution < -0.4 is 4.74 Å². The average molecular weight is 324 g/mol. The molecule has 0 saturated heterocycles. The third-order valence-corrected chi connectivity index (χ3v) is 2.65. The molecule has 1 N–H and O–H groups in total. The van der Waals surface area contributed by atoms with Crippen molar-refractivity contribution in [2.45, 2.75) is 19.6 Å². The summed E-state index contributed by atoms with van der Waals surface area (Å²) in [5, 5.41) is 16.9. The number of ether oxygens (including phenoxy) is 1. The van der Waals surface area contributed by atoms with E-state index < -0.39 is 12.7 Å². The first-order chi connectivity index (χ1) is 8.97. The molecule has 20 heavy (non-hydrogen) atoms. The zero-order chi connectivity index (χ0) is 14.0. The molecule has 1 aromatic heterocycles. The maximum Gasteiger partial charge on any atom is 0.387 e. The summed E-state index contributed by atoms with van der Waals surface area (Å²) >= 11 is 5.74. The number of hydrogen-bond acceptors (Lipinski definition) is 4. The summed E-state index contributed by atoms with van der Waals surface area (Å²) in [6.07, 6.45) is 0.720. The normalized spacial score (nSPS) is 12.1. The lowest BCUT2D eigenvalue weighted by molar-refractivity contribution is -0.0497. The van der Waals surface area contributed by atoms with E-state index in [0.29, 0.717) is 11.4 Å². The molecule has 1 aromatic carbocycles. The molecule has 0 aliphatic carbocycles. The Labute approximate surface area is 125 Å². The molecule has 0 bridgehead atoms. The van der Waals surface area contributed by atoms with Crippen molar-refractivity contribution in [3.63, 3.8) is 0 Å². The van der Waals surface area contributed by atoms with E-state index in [1.165, 1.54) is 23.0 Å². The third-order valence-electron chi connectivity index (χ3n) is 2.33. The summed E-state index contributed by atoms with van der Waals surface area (Å²) in [6.45, 7) is -1.42. The van der Waals surface area contributed by atoms with E-state index >= 15 is 0 Å². The fourth-order valence-electron chi connectivity index (χ4n) is 1.42. The van der Waals surface area contributed by atoms with Crippen molar-refractivity contribution in [2.75, 3.05) is 0 Å². The molecule has 1 atom stereocenters. The fourth-order valence-corrected chi connectivity index (χ4v) is 1.58. The van der Waals surface area contributed by atoms with Crippen LogP contribution in [0, 0.1) is 0 Å². The minimum atomic E-state index is -2.96. The molecule has 2 aromatic rings. The molecule has 0 radical (unpaired) electrons. The molecular weight excluding hydrogens is 312 g/mol. The first kappa shape index (κ1) is 16.7. The second kappa shape index (κ2) is 6.87. The Hall–Kier alpha value is -1.38. The van der Waals surface area contributed by atoms with Gasteiger partial charge in [-0.2, -0.15) is 22.3 Å². The van der Waals surface area contributed by atoms with Gasteiger partial charge in [0.25, 0.3) is 0 Å². The molecule has 0 fully saturated rings. The SMILES string of the molecule is C[C@H](O)c1cn(-c2ccc(Cl)c(OC(F)F)c2)nn1.S. The zero-order valence-electron chi connectivity index (χ0n) is 10.3. The number of alkyl halides is 2. The van der Waals surface area contributed by atoms with Gasteiger partial charge in [-0.05, 0) is 19.1 Å². The number of rotatable bonds is 4. The Balaban J connectivity index is 0.00000200. The van der Waals surface area contributed by atoms with Crippen LogP contribution in [0.2, 0.25) is 5.02 Å². The predicted molar refractivity (Wildman–Crippen MR) is 74.0 cm³/mol. The van der Waals surface area contributed by atoms with Crippen molar-refractivity contribution in [3.05, 3.63) is 35.1 Å². The number of benzene rings is 1. The molecule has 0 aliphatic heterocycles. The molecule has 0 amide bonds. The zero-order valence-corrected chi connectivity index (χ0v) is 12.1. The van der Waals surface area contributed by atoms with Crippen molar-refractivity contribution in [1.82, 2.24) is 15.0 Å². The molecular formula is C11H12ClF2N3O2S. The van der Waals surface area contributed by atoms with Gasteiger partial charge in [0.2, 0.25) is 0 Å². The summed E-state index contributed by atoms with van der Waals surface area (Å²) in [6, 6.07) is 4.30. The largest absolute Gasteiger partial charge is 0.433 e. The van der Waals surface area contributed by atoms with Crippen LogP contribution in [0.5, 0.6) is 5.75 Å². The number of nitrogens with zero attached hydrogens (tertiary/aromatic N) is 3. The van der Waals surface area contributed by atoms with Gasteiger partial charge >= 0.3 is 6.61 Å². The highest BCUT2D eigenvalue weighted by atomic mass is 35.5. The molecule has 5 nitrogen and oxygen atoms in total. The van der Waals surface area contributed by atoms with Crippen LogP contribution in [-0.2, 0) is 0 Å². The molecule has 110 valence electrons. The first-order valence-corrected chi connectivity index (χ1v) is 5.70. The average Bonchev–Trinajstić information content (AvgIpc) is 2.81. The van der Waals surface area contributed by atoms with Gasteiger partial charge < -0.3 is 9.84 Å². The van der Waals surface area contributed by atoms with Crippen molar-refractivity contribution in [1.29, 1.82) is 0 Å². The highest BCUT2D eigenvalue weighted by Crippen LogP contribution is 2.28. The van der Waals surface area contributed by atoms with Crippen molar-refractivity contribution in [2.24, 2.45) is 0 Å². The van der Waals surface area contributed by atoms with Gasteiger partial charge in [-0.1, -0.05) is 16.8 Å². The van der Waals surface area contributed by atoms with Gasteiger partial charge in [0.1, 0.15) is 11.4 Å². The second-order valence-corrected chi connectivity index (χ2v) is 4.16. The summed E-state index contributed by atoms with van der Waals surface area (Å²) in [5.74, 6) is -0.150. The highest BCUT2D eigenvalue weighted by molar-refractivity contribution is 7.59. The third kappa shape index (κ3) is 3.81. The van der Waals surface area contributed by atoms with E-state index in [0.717, 1.165) is 0 Å². The topological polar surface area (TPSA) is 60.2 Å². The molecule has 9 heteroatoms. The van der Waals surface area contributed by atoms with Crippen LogP contribution in [0.25, 0.3) is 5.69 Å². The first-order valence-electron chi connectivity index (χ1n) is 5.32. The van der Waals surface area contributed by atoms with E-state index in [-0.39, 0.29) is 24.3 Å². The van der Waals surface area contributed by atoms with Crippen LogP contribution >= 0.6 is 25.1 Å². The lowest BCUT2D eigenvalue weighted by Crippen LogP contribution is -2.03. The van der Waals surface area contributed by atoms with Crippen LogP contribution in [0.1, 0.15) is 18.7 Å². The summed E-state index contributed by atoms with van der Waals surface area (Å²) in [4.78, 5) is 0.